The number of carbonyl (C=O) groups excluding carboxylic acids is 1. The number of hydrogen-bond acceptors (Lipinski definition) is 4. The van der Waals surface area contributed by atoms with Crippen LogP contribution in [-0.2, 0) is 0 Å². The van der Waals surface area contributed by atoms with Gasteiger partial charge in [0.25, 0.3) is 0 Å². The van der Waals surface area contributed by atoms with Crippen LogP contribution in [0.25, 0.3) is 0 Å². The Balaban J connectivity index is 1.13. The van der Waals surface area contributed by atoms with Gasteiger partial charge in [-0.15, -0.1) is 0 Å². The number of amides is 2. The van der Waals surface area contributed by atoms with Crippen molar-refractivity contribution < 1.29 is 9.53 Å². The summed E-state index contributed by atoms with van der Waals surface area (Å²) in [6, 6.07) is 8.95. The summed E-state index contributed by atoms with van der Waals surface area (Å²) in [5, 5.41) is 5.86. The van der Waals surface area contributed by atoms with Crippen molar-refractivity contribution in [3.8, 4) is 5.75 Å². The molecule has 6 nitrogen and oxygen atoms in total. The molecule has 4 rings (SSSR count). The van der Waals surface area contributed by atoms with Crippen LogP contribution in [0.15, 0.2) is 24.3 Å². The third-order valence-corrected chi connectivity index (χ3v) is 6.77. The van der Waals surface area contributed by atoms with E-state index < -0.39 is 0 Å². The highest BCUT2D eigenvalue weighted by Gasteiger charge is 2.35. The third-order valence-electron chi connectivity index (χ3n) is 6.77. The van der Waals surface area contributed by atoms with E-state index in [4.69, 9.17) is 4.74 Å². The molecule has 2 amide bonds. The summed E-state index contributed by atoms with van der Waals surface area (Å²) < 4.78 is 6.10. The van der Waals surface area contributed by atoms with Gasteiger partial charge in [-0.25, -0.2) is 4.79 Å². The number of rotatable bonds is 7. The molecule has 2 N–H and O–H groups in total. The molecular formula is C23H36N4O2. The molecule has 2 heterocycles. The first kappa shape index (κ1) is 20.5. The van der Waals surface area contributed by atoms with E-state index in [2.05, 4.69) is 27.4 Å². The molecule has 0 unspecified atom stereocenters. The highest BCUT2D eigenvalue weighted by molar-refractivity contribution is 5.89. The Morgan fingerprint density at radius 1 is 1.07 bits per heavy atom. The Morgan fingerprint density at radius 3 is 2.52 bits per heavy atom. The van der Waals surface area contributed by atoms with E-state index in [0.29, 0.717) is 24.7 Å². The number of nitrogens with one attached hydrogen (secondary N) is 2. The zero-order valence-corrected chi connectivity index (χ0v) is 17.7. The van der Waals surface area contributed by atoms with Crippen LogP contribution in [0.5, 0.6) is 5.75 Å². The molecule has 0 spiro atoms. The lowest BCUT2D eigenvalue weighted by molar-refractivity contribution is 0.00893. The van der Waals surface area contributed by atoms with Crippen molar-refractivity contribution in [2.45, 2.75) is 70.1 Å². The van der Waals surface area contributed by atoms with E-state index in [9.17, 15) is 4.79 Å². The predicted octanol–water partition coefficient (Wildman–Crippen LogP) is 3.69. The van der Waals surface area contributed by atoms with E-state index in [1.54, 1.807) is 0 Å². The van der Waals surface area contributed by atoms with Crippen molar-refractivity contribution in [3.05, 3.63) is 24.3 Å². The van der Waals surface area contributed by atoms with Crippen LogP contribution < -0.4 is 15.4 Å². The Morgan fingerprint density at radius 2 is 1.83 bits per heavy atom. The van der Waals surface area contributed by atoms with Crippen molar-refractivity contribution in [2.75, 3.05) is 38.0 Å². The molecule has 1 aliphatic carbocycles. The number of nitrogens with zero attached hydrogens (tertiary/aromatic N) is 2. The Kier molecular flexibility index (Phi) is 6.93. The van der Waals surface area contributed by atoms with Gasteiger partial charge in [-0.3, -0.25) is 4.90 Å². The number of likely N-dealkylation sites (tertiary alicyclic amines) is 2. The van der Waals surface area contributed by atoms with Crippen molar-refractivity contribution >= 4 is 11.7 Å². The van der Waals surface area contributed by atoms with Gasteiger partial charge in [-0.1, -0.05) is 6.42 Å². The quantitative estimate of drug-likeness (QED) is 0.733. The van der Waals surface area contributed by atoms with Crippen LogP contribution in [0.4, 0.5) is 10.5 Å². The summed E-state index contributed by atoms with van der Waals surface area (Å²) in [4.78, 5) is 17.2. The number of urea groups is 1. The minimum Gasteiger partial charge on any atom is -0.490 e. The van der Waals surface area contributed by atoms with Gasteiger partial charge >= 0.3 is 6.03 Å². The van der Waals surface area contributed by atoms with Crippen LogP contribution >= 0.6 is 0 Å². The molecule has 3 aliphatic rings. The van der Waals surface area contributed by atoms with Crippen molar-refractivity contribution in [1.29, 1.82) is 0 Å². The monoisotopic (exact) mass is 400 g/mol. The summed E-state index contributed by atoms with van der Waals surface area (Å²) in [5.74, 6) is 0.890. The predicted molar refractivity (Wildman–Crippen MR) is 117 cm³/mol. The largest absolute Gasteiger partial charge is 0.490 e. The smallest absolute Gasteiger partial charge is 0.319 e. The summed E-state index contributed by atoms with van der Waals surface area (Å²) >= 11 is 0. The summed E-state index contributed by atoms with van der Waals surface area (Å²) in [6.45, 7) is 7.52. The topological polar surface area (TPSA) is 56.8 Å². The summed E-state index contributed by atoms with van der Waals surface area (Å²) in [7, 11) is 0. The highest BCUT2D eigenvalue weighted by Crippen LogP contribution is 2.31. The second kappa shape index (κ2) is 9.81. The van der Waals surface area contributed by atoms with Crippen LogP contribution in [0.1, 0.15) is 51.9 Å². The molecule has 0 radical (unpaired) electrons. The zero-order chi connectivity index (χ0) is 20.1. The van der Waals surface area contributed by atoms with Crippen LogP contribution in [0.2, 0.25) is 0 Å². The SMILES string of the molecule is C[C@@H]1CCCN1CCNC(=O)Nc1ccc(OC2CC(N3CCCCC3)C2)cc1. The Labute approximate surface area is 175 Å². The number of benzene rings is 1. The van der Waals surface area contributed by atoms with Gasteiger partial charge < -0.3 is 20.3 Å². The molecule has 1 aromatic rings. The Hall–Kier alpha value is -1.79. The minimum absolute atomic E-state index is 0.145. The normalized spacial score (nSPS) is 28.0. The number of hydrogen-bond donors (Lipinski definition) is 2. The fourth-order valence-electron chi connectivity index (χ4n) is 4.84. The van der Waals surface area contributed by atoms with Gasteiger partial charge in [0.1, 0.15) is 11.9 Å². The second-order valence-electron chi connectivity index (χ2n) is 8.89. The molecule has 2 aliphatic heterocycles. The molecular weight excluding hydrogens is 364 g/mol. The van der Waals surface area contributed by atoms with E-state index in [-0.39, 0.29) is 6.03 Å². The van der Waals surface area contributed by atoms with Gasteiger partial charge in [-0.05, 0) is 76.5 Å². The molecule has 1 saturated carbocycles. The fraction of sp³-hybridized carbons (Fsp3) is 0.696. The molecule has 0 aromatic heterocycles. The van der Waals surface area contributed by atoms with Crippen LogP contribution in [0, 0.1) is 0 Å². The average molecular weight is 401 g/mol. The lowest BCUT2D eigenvalue weighted by Crippen LogP contribution is -2.50. The number of piperidine rings is 1. The molecule has 29 heavy (non-hydrogen) atoms. The van der Waals surface area contributed by atoms with Crippen molar-refractivity contribution in [1.82, 2.24) is 15.1 Å². The first-order chi connectivity index (χ1) is 14.2. The summed E-state index contributed by atoms with van der Waals surface area (Å²) in [6.07, 6.45) is 9.22. The number of carbonyl (C=O) groups is 1. The van der Waals surface area contributed by atoms with E-state index >= 15 is 0 Å². The standard InChI is InChI=1S/C23H36N4O2/c1-18-6-5-14-26(18)15-11-24-23(28)25-19-7-9-21(10-8-19)29-22-16-20(17-22)27-12-3-2-4-13-27/h7-10,18,20,22H,2-6,11-17H2,1H3,(H2,24,25,28)/t18-,20?,22?/m1/s1. The number of anilines is 1. The van der Waals surface area contributed by atoms with Crippen LogP contribution in [0.3, 0.4) is 0 Å². The van der Waals surface area contributed by atoms with Crippen LogP contribution in [-0.4, -0.2) is 66.7 Å². The molecule has 2 saturated heterocycles. The fourth-order valence-corrected chi connectivity index (χ4v) is 4.84. The van der Waals surface area contributed by atoms with Crippen molar-refractivity contribution in [2.24, 2.45) is 0 Å². The van der Waals surface area contributed by atoms with E-state index in [1.165, 1.54) is 45.2 Å². The molecule has 1 aromatic carbocycles. The zero-order valence-electron chi connectivity index (χ0n) is 17.7. The Bertz CT molecular complexity index is 653. The second-order valence-corrected chi connectivity index (χ2v) is 8.89. The van der Waals surface area contributed by atoms with Gasteiger partial charge in [-0.2, -0.15) is 0 Å². The minimum atomic E-state index is -0.145. The van der Waals surface area contributed by atoms with E-state index in [1.807, 2.05) is 24.3 Å². The van der Waals surface area contributed by atoms with E-state index in [0.717, 1.165) is 37.4 Å². The molecule has 3 fully saturated rings. The molecule has 6 heteroatoms. The van der Waals surface area contributed by atoms with Gasteiger partial charge in [0.2, 0.25) is 0 Å². The number of ether oxygens (including phenoxy) is 1. The first-order valence-corrected chi connectivity index (χ1v) is 11.5. The third kappa shape index (κ3) is 5.64. The highest BCUT2D eigenvalue weighted by atomic mass is 16.5. The maximum atomic E-state index is 12.1. The maximum absolute atomic E-state index is 12.1. The van der Waals surface area contributed by atoms with Gasteiger partial charge in [0.05, 0.1) is 0 Å². The van der Waals surface area contributed by atoms with Gasteiger partial charge in [0.15, 0.2) is 0 Å². The maximum Gasteiger partial charge on any atom is 0.319 e. The molecule has 160 valence electrons. The van der Waals surface area contributed by atoms with Gasteiger partial charge in [0, 0.05) is 43.7 Å². The van der Waals surface area contributed by atoms with Crippen molar-refractivity contribution in [3.63, 3.8) is 0 Å². The lowest BCUT2D eigenvalue weighted by Gasteiger charge is -2.44. The molecule has 0 bridgehead atoms. The first-order valence-electron chi connectivity index (χ1n) is 11.5. The summed E-state index contributed by atoms with van der Waals surface area (Å²) in [5.41, 5.74) is 0.796. The molecule has 1 atom stereocenters. The average Bonchev–Trinajstić information content (AvgIpc) is 3.11. The lowest BCUT2D eigenvalue weighted by atomic mass is 9.86.